The third-order valence-corrected chi connectivity index (χ3v) is 3.50. The fourth-order valence-corrected chi connectivity index (χ4v) is 2.53. The Morgan fingerprint density at radius 1 is 0.789 bits per heavy atom. The number of hydrogen-bond donors (Lipinski definition) is 0. The van der Waals surface area contributed by atoms with Crippen LogP contribution in [0.1, 0.15) is 33.4 Å². The Morgan fingerprint density at radius 2 is 1.32 bits per heavy atom. The highest BCUT2D eigenvalue weighted by molar-refractivity contribution is 5.86. The maximum absolute atomic E-state index is 4.70. The minimum atomic E-state index is 1.09. The molecule has 0 aliphatic carbocycles. The van der Waals surface area contributed by atoms with E-state index in [0.29, 0.717) is 0 Å². The van der Waals surface area contributed by atoms with E-state index in [2.05, 4.69) is 65.0 Å². The number of rotatable bonds is 2. The van der Waals surface area contributed by atoms with Gasteiger partial charge in [0.2, 0.25) is 0 Å². The van der Waals surface area contributed by atoms with Crippen LogP contribution in [0.2, 0.25) is 0 Å². The van der Waals surface area contributed by atoms with Crippen molar-refractivity contribution in [3.63, 3.8) is 0 Å². The Kier molecular flexibility index (Phi) is 3.84. The summed E-state index contributed by atoms with van der Waals surface area (Å²) < 4.78 is 0. The van der Waals surface area contributed by atoms with Crippen molar-refractivity contribution in [2.75, 3.05) is 0 Å². The summed E-state index contributed by atoms with van der Waals surface area (Å²) in [6, 6.07) is 10.7. The molecule has 0 heterocycles. The van der Waals surface area contributed by atoms with Gasteiger partial charge in [0.15, 0.2) is 0 Å². The van der Waals surface area contributed by atoms with E-state index in [0.717, 1.165) is 5.69 Å². The summed E-state index contributed by atoms with van der Waals surface area (Å²) in [5.74, 6) is 0. The zero-order valence-electron chi connectivity index (χ0n) is 12.4. The van der Waals surface area contributed by atoms with Gasteiger partial charge in [0.25, 0.3) is 0 Å². The first-order valence-corrected chi connectivity index (χ1v) is 6.67. The molecule has 0 aromatic heterocycles. The zero-order chi connectivity index (χ0) is 14.0. The molecule has 2 aromatic rings. The van der Waals surface area contributed by atoms with Crippen molar-refractivity contribution < 1.29 is 0 Å². The maximum atomic E-state index is 4.70. The number of hydrogen-bond acceptors (Lipinski definition) is 1. The molecule has 0 N–H and O–H groups in total. The minimum Gasteiger partial charge on any atom is -0.256 e. The first-order valence-electron chi connectivity index (χ1n) is 6.67. The molecule has 1 nitrogen and oxygen atoms in total. The van der Waals surface area contributed by atoms with Gasteiger partial charge in [-0.15, -0.1) is 0 Å². The van der Waals surface area contributed by atoms with Crippen molar-refractivity contribution >= 4 is 11.9 Å². The van der Waals surface area contributed by atoms with Gasteiger partial charge in [-0.3, -0.25) is 4.99 Å². The van der Waals surface area contributed by atoms with E-state index in [4.69, 9.17) is 4.99 Å². The van der Waals surface area contributed by atoms with Gasteiger partial charge < -0.3 is 0 Å². The molecule has 0 atom stereocenters. The summed E-state index contributed by atoms with van der Waals surface area (Å²) in [6.07, 6.45) is 2.00. The quantitative estimate of drug-likeness (QED) is 0.667. The average Bonchev–Trinajstić information content (AvgIpc) is 2.31. The molecule has 0 amide bonds. The van der Waals surface area contributed by atoms with Crippen molar-refractivity contribution in [3.05, 3.63) is 63.7 Å². The van der Waals surface area contributed by atoms with E-state index in [9.17, 15) is 0 Å². The second-order valence-corrected chi connectivity index (χ2v) is 5.31. The average molecular weight is 251 g/mol. The van der Waals surface area contributed by atoms with E-state index < -0.39 is 0 Å². The van der Waals surface area contributed by atoms with E-state index in [1.807, 2.05) is 6.21 Å². The van der Waals surface area contributed by atoms with Crippen molar-refractivity contribution in [2.45, 2.75) is 34.6 Å². The van der Waals surface area contributed by atoms with Gasteiger partial charge in [-0.25, -0.2) is 0 Å². The second kappa shape index (κ2) is 5.40. The van der Waals surface area contributed by atoms with Gasteiger partial charge in [-0.1, -0.05) is 35.9 Å². The van der Waals surface area contributed by atoms with Crippen LogP contribution in [0.15, 0.2) is 35.3 Å². The van der Waals surface area contributed by atoms with Crippen LogP contribution < -0.4 is 0 Å². The van der Waals surface area contributed by atoms with Crippen molar-refractivity contribution in [3.8, 4) is 0 Å². The summed E-state index contributed by atoms with van der Waals surface area (Å²) in [6.45, 7) is 10.6. The molecule has 2 aromatic carbocycles. The lowest BCUT2D eigenvalue weighted by Crippen LogP contribution is -1.93. The molecule has 2 rings (SSSR count). The van der Waals surface area contributed by atoms with Crippen LogP contribution in [0.25, 0.3) is 0 Å². The smallest absolute Gasteiger partial charge is 0.0688 e. The van der Waals surface area contributed by atoms with Crippen LogP contribution in [0.4, 0.5) is 5.69 Å². The van der Waals surface area contributed by atoms with Crippen LogP contribution in [-0.2, 0) is 0 Å². The third kappa shape index (κ3) is 2.93. The Bertz CT molecular complexity index is 593. The number of aryl methyl sites for hydroxylation is 5. The molecule has 98 valence electrons. The van der Waals surface area contributed by atoms with E-state index in [1.54, 1.807) is 0 Å². The molecule has 0 spiro atoms. The number of benzene rings is 2. The molecule has 19 heavy (non-hydrogen) atoms. The fourth-order valence-electron chi connectivity index (χ4n) is 2.53. The van der Waals surface area contributed by atoms with E-state index in [-0.39, 0.29) is 0 Å². The zero-order valence-corrected chi connectivity index (χ0v) is 12.4. The summed E-state index contributed by atoms with van der Waals surface area (Å²) >= 11 is 0. The number of nitrogens with zero attached hydrogens (tertiary/aromatic N) is 1. The monoisotopic (exact) mass is 251 g/mol. The summed E-state index contributed by atoms with van der Waals surface area (Å²) in [4.78, 5) is 4.70. The summed E-state index contributed by atoms with van der Waals surface area (Å²) in [5.41, 5.74) is 8.63. The van der Waals surface area contributed by atoms with Gasteiger partial charge in [-0.2, -0.15) is 0 Å². The lowest BCUT2D eigenvalue weighted by atomic mass is 10.0. The van der Waals surface area contributed by atoms with Crippen LogP contribution in [-0.4, -0.2) is 6.21 Å². The summed E-state index contributed by atoms with van der Waals surface area (Å²) in [5, 5.41) is 0. The summed E-state index contributed by atoms with van der Waals surface area (Å²) in [7, 11) is 0. The Morgan fingerprint density at radius 3 is 1.84 bits per heavy atom. The fraction of sp³-hybridized carbons (Fsp3) is 0.278. The predicted molar refractivity (Wildman–Crippen MR) is 83.8 cm³/mol. The van der Waals surface area contributed by atoms with Gasteiger partial charge in [-0.05, 0) is 62.4 Å². The molecule has 0 saturated heterocycles. The van der Waals surface area contributed by atoms with E-state index >= 15 is 0 Å². The standard InChI is InChI=1S/C18H21N/c1-12-9-15(4)17(16(5)10-12)11-19-18-13(2)7-6-8-14(18)3/h6-11H,1-5H3. The van der Waals surface area contributed by atoms with Gasteiger partial charge in [0, 0.05) is 6.21 Å². The Balaban J connectivity index is 2.44. The first kappa shape index (κ1) is 13.5. The molecule has 0 fully saturated rings. The van der Waals surface area contributed by atoms with Crippen molar-refractivity contribution in [1.82, 2.24) is 0 Å². The van der Waals surface area contributed by atoms with Crippen LogP contribution in [0.3, 0.4) is 0 Å². The molecule has 0 radical (unpaired) electrons. The highest BCUT2D eigenvalue weighted by atomic mass is 14.7. The van der Waals surface area contributed by atoms with Gasteiger partial charge >= 0.3 is 0 Å². The van der Waals surface area contributed by atoms with Gasteiger partial charge in [0.1, 0.15) is 0 Å². The lowest BCUT2D eigenvalue weighted by molar-refractivity contribution is 1.29. The highest BCUT2D eigenvalue weighted by Gasteiger charge is 2.03. The third-order valence-electron chi connectivity index (χ3n) is 3.50. The molecule has 0 unspecified atom stereocenters. The predicted octanol–water partition coefficient (Wildman–Crippen LogP) is 4.98. The molecule has 1 heteroatoms. The molecular formula is C18H21N. The van der Waals surface area contributed by atoms with Crippen molar-refractivity contribution in [2.24, 2.45) is 4.99 Å². The minimum absolute atomic E-state index is 1.09. The molecule has 0 saturated carbocycles. The van der Waals surface area contributed by atoms with Crippen LogP contribution in [0.5, 0.6) is 0 Å². The molecular weight excluding hydrogens is 230 g/mol. The Labute approximate surface area is 116 Å². The number of aliphatic imine (C=N–C) groups is 1. The van der Waals surface area contributed by atoms with Crippen LogP contribution >= 0.6 is 0 Å². The van der Waals surface area contributed by atoms with E-state index in [1.165, 1.54) is 33.4 Å². The highest BCUT2D eigenvalue weighted by Crippen LogP contribution is 2.23. The second-order valence-electron chi connectivity index (χ2n) is 5.31. The largest absolute Gasteiger partial charge is 0.256 e. The van der Waals surface area contributed by atoms with Crippen molar-refractivity contribution in [1.29, 1.82) is 0 Å². The number of para-hydroxylation sites is 1. The first-order chi connectivity index (χ1) is 8.99. The topological polar surface area (TPSA) is 12.4 Å². The molecule has 0 aliphatic rings. The lowest BCUT2D eigenvalue weighted by Gasteiger charge is -2.08. The SMILES string of the molecule is Cc1cc(C)c(C=Nc2c(C)cccc2C)c(C)c1. The molecule has 0 bridgehead atoms. The molecule has 0 aliphatic heterocycles. The van der Waals surface area contributed by atoms with Gasteiger partial charge in [0.05, 0.1) is 5.69 Å². The Hall–Kier alpha value is -1.89. The van der Waals surface area contributed by atoms with Crippen LogP contribution in [0, 0.1) is 34.6 Å². The normalized spacial score (nSPS) is 11.2. The maximum Gasteiger partial charge on any atom is 0.0688 e.